The Hall–Kier alpha value is -5.11. The van der Waals surface area contributed by atoms with Crippen LogP contribution >= 0.6 is 0 Å². The molecule has 5 rings (SSSR count). The Bertz CT molecular complexity index is 1700. The zero-order chi connectivity index (χ0) is 28.8. The molecule has 0 aliphatic carbocycles. The van der Waals surface area contributed by atoms with E-state index in [0.717, 1.165) is 22.2 Å². The fourth-order valence-electron chi connectivity index (χ4n) is 4.97. The number of nitrogens with zero attached hydrogens (tertiary/aromatic N) is 1. The zero-order valence-electron chi connectivity index (χ0n) is 22.7. The van der Waals surface area contributed by atoms with E-state index in [1.807, 2.05) is 73.8 Å². The van der Waals surface area contributed by atoms with Crippen LogP contribution in [0.25, 0.3) is 22.0 Å². The third kappa shape index (κ3) is 6.38. The molecule has 2 aromatic heterocycles. The number of carbonyl (C=O) groups is 3. The molecule has 0 radical (unpaired) electrons. The Kier molecular flexibility index (Phi) is 8.29. The molecule has 8 nitrogen and oxygen atoms in total. The molecule has 0 bridgehead atoms. The third-order valence-electron chi connectivity index (χ3n) is 7.05. The predicted octanol–water partition coefficient (Wildman–Crippen LogP) is 5.83. The molecule has 0 aliphatic heterocycles. The lowest BCUT2D eigenvalue weighted by atomic mass is 9.94. The number of benzene rings is 3. The molecular weight excluding hydrogens is 518 g/mol. The van der Waals surface area contributed by atoms with Gasteiger partial charge in [0.15, 0.2) is 0 Å². The Morgan fingerprint density at radius 2 is 1.54 bits per heavy atom. The summed E-state index contributed by atoms with van der Waals surface area (Å²) in [5.74, 6) is -0.147. The smallest absolute Gasteiger partial charge is 0.305 e. The lowest BCUT2D eigenvalue weighted by Gasteiger charge is -2.24. The fraction of sp³-hybridized carbons (Fsp3) is 0.182. The normalized spacial score (nSPS) is 11.0. The number of carbonyl (C=O) groups excluding carboxylic acids is 2. The summed E-state index contributed by atoms with van der Waals surface area (Å²) >= 11 is 0. The van der Waals surface area contributed by atoms with Crippen LogP contribution in [0.5, 0.6) is 0 Å². The summed E-state index contributed by atoms with van der Waals surface area (Å²) in [6.45, 7) is 2.48. The van der Waals surface area contributed by atoms with Crippen molar-refractivity contribution in [1.29, 1.82) is 0 Å². The van der Waals surface area contributed by atoms with Crippen molar-refractivity contribution in [3.63, 3.8) is 0 Å². The number of hydrogen-bond acceptors (Lipinski definition) is 4. The number of aromatic amines is 1. The molecule has 3 aromatic carbocycles. The van der Waals surface area contributed by atoms with Gasteiger partial charge in [0.05, 0.1) is 13.0 Å². The van der Waals surface area contributed by atoms with Crippen molar-refractivity contribution in [2.75, 3.05) is 13.1 Å². The van der Waals surface area contributed by atoms with Crippen molar-refractivity contribution in [3.05, 3.63) is 119 Å². The number of amides is 2. The summed E-state index contributed by atoms with van der Waals surface area (Å²) in [5.41, 5.74) is 4.10. The second kappa shape index (κ2) is 12.4. The molecule has 0 spiro atoms. The molecule has 0 atom stereocenters. The van der Waals surface area contributed by atoms with Gasteiger partial charge in [0, 0.05) is 41.3 Å². The molecule has 5 aromatic rings. The molecule has 41 heavy (non-hydrogen) atoms. The van der Waals surface area contributed by atoms with E-state index in [1.54, 1.807) is 29.2 Å². The first kappa shape index (κ1) is 27.5. The number of H-pyrrole nitrogens is 1. The van der Waals surface area contributed by atoms with Gasteiger partial charge in [0.25, 0.3) is 11.8 Å². The number of aliphatic carboxylic acids is 1. The molecule has 0 saturated heterocycles. The highest BCUT2D eigenvalue weighted by Gasteiger charge is 2.23. The number of rotatable bonds is 11. The van der Waals surface area contributed by atoms with Gasteiger partial charge in [-0.05, 0) is 60.4 Å². The maximum atomic E-state index is 14.0. The summed E-state index contributed by atoms with van der Waals surface area (Å²) in [4.78, 5) is 43.5. The summed E-state index contributed by atoms with van der Waals surface area (Å²) in [6.07, 6.45) is 2.31. The van der Waals surface area contributed by atoms with E-state index in [0.29, 0.717) is 41.0 Å². The Balaban J connectivity index is 1.41. The van der Waals surface area contributed by atoms with Crippen molar-refractivity contribution >= 4 is 28.7 Å². The molecule has 0 saturated carbocycles. The highest BCUT2D eigenvalue weighted by atomic mass is 16.4. The number of aromatic nitrogens is 1. The van der Waals surface area contributed by atoms with Crippen molar-refractivity contribution in [2.45, 2.75) is 26.3 Å². The van der Waals surface area contributed by atoms with E-state index in [4.69, 9.17) is 4.42 Å². The SMILES string of the molecule is Cc1ccc(CNC(=O)c2ccccc2-c2ccccc2C(=O)N(CCC(=O)O)CCc2c[nH]c3ccccc23)o1. The van der Waals surface area contributed by atoms with E-state index in [2.05, 4.69) is 10.3 Å². The minimum absolute atomic E-state index is 0.0650. The maximum absolute atomic E-state index is 14.0. The average molecular weight is 550 g/mol. The van der Waals surface area contributed by atoms with Gasteiger partial charge >= 0.3 is 5.97 Å². The molecule has 3 N–H and O–H groups in total. The predicted molar refractivity (Wildman–Crippen MR) is 157 cm³/mol. The number of fused-ring (bicyclic) bond motifs is 1. The highest BCUT2D eigenvalue weighted by molar-refractivity contribution is 6.06. The first-order valence-electron chi connectivity index (χ1n) is 13.5. The quantitative estimate of drug-likeness (QED) is 0.192. The lowest BCUT2D eigenvalue weighted by molar-refractivity contribution is -0.137. The van der Waals surface area contributed by atoms with Gasteiger partial charge in [-0.2, -0.15) is 0 Å². The Labute approximate surface area is 237 Å². The van der Waals surface area contributed by atoms with Gasteiger partial charge in [-0.25, -0.2) is 0 Å². The number of aryl methyl sites for hydroxylation is 1. The summed E-state index contributed by atoms with van der Waals surface area (Å²) in [6, 6.07) is 25.8. The standard InChI is InChI=1S/C33H31N3O5/c1-22-14-15-24(41-22)21-35-32(39)28-11-4-2-9-26(28)27-10-3-5-12-29(27)33(40)36(19-17-31(37)38)18-16-23-20-34-30-13-7-6-8-25(23)30/h2-15,20,34H,16-19,21H2,1H3,(H,35,39)(H,37,38). The second-order valence-corrected chi connectivity index (χ2v) is 9.83. The molecular formula is C33H31N3O5. The van der Waals surface area contributed by atoms with Crippen LogP contribution in [0.15, 0.2) is 95.5 Å². The van der Waals surface area contributed by atoms with E-state index < -0.39 is 5.97 Å². The minimum atomic E-state index is -0.975. The van der Waals surface area contributed by atoms with Gasteiger partial charge in [-0.3, -0.25) is 14.4 Å². The van der Waals surface area contributed by atoms with Crippen LogP contribution in [-0.2, 0) is 17.8 Å². The lowest BCUT2D eigenvalue weighted by Crippen LogP contribution is -2.35. The van der Waals surface area contributed by atoms with Crippen LogP contribution in [0.2, 0.25) is 0 Å². The number of furan rings is 1. The minimum Gasteiger partial charge on any atom is -0.481 e. The number of carboxylic acid groups (broad SMARTS) is 1. The summed E-state index contributed by atoms with van der Waals surface area (Å²) in [7, 11) is 0. The largest absolute Gasteiger partial charge is 0.481 e. The molecule has 0 aliphatic rings. The van der Waals surface area contributed by atoms with Crippen LogP contribution in [0, 0.1) is 6.92 Å². The second-order valence-electron chi connectivity index (χ2n) is 9.83. The van der Waals surface area contributed by atoms with Gasteiger partial charge in [0.1, 0.15) is 11.5 Å². The molecule has 0 fully saturated rings. The van der Waals surface area contributed by atoms with Crippen molar-refractivity contribution in [2.24, 2.45) is 0 Å². The third-order valence-corrected chi connectivity index (χ3v) is 7.05. The Morgan fingerprint density at radius 3 is 2.27 bits per heavy atom. The first-order valence-corrected chi connectivity index (χ1v) is 13.5. The summed E-state index contributed by atoms with van der Waals surface area (Å²) in [5, 5.41) is 13.3. The van der Waals surface area contributed by atoms with E-state index in [1.165, 1.54) is 0 Å². The zero-order valence-corrected chi connectivity index (χ0v) is 22.7. The van der Waals surface area contributed by atoms with Crippen LogP contribution < -0.4 is 5.32 Å². The topological polar surface area (TPSA) is 116 Å². The first-order chi connectivity index (χ1) is 19.9. The van der Waals surface area contributed by atoms with E-state index >= 15 is 0 Å². The van der Waals surface area contributed by atoms with E-state index in [9.17, 15) is 19.5 Å². The van der Waals surface area contributed by atoms with Gasteiger partial charge in [-0.1, -0.05) is 54.6 Å². The Morgan fingerprint density at radius 1 is 0.854 bits per heavy atom. The highest BCUT2D eigenvalue weighted by Crippen LogP contribution is 2.29. The number of hydrogen-bond donors (Lipinski definition) is 3. The number of para-hydroxylation sites is 1. The van der Waals surface area contributed by atoms with Crippen molar-refractivity contribution < 1.29 is 23.9 Å². The molecule has 2 heterocycles. The number of carboxylic acids is 1. The molecule has 0 unspecified atom stereocenters. The maximum Gasteiger partial charge on any atom is 0.305 e. The monoisotopic (exact) mass is 549 g/mol. The molecule has 2 amide bonds. The number of nitrogens with one attached hydrogen (secondary N) is 2. The van der Waals surface area contributed by atoms with Crippen LogP contribution in [-0.4, -0.2) is 45.9 Å². The van der Waals surface area contributed by atoms with Gasteiger partial charge in [0.2, 0.25) is 0 Å². The van der Waals surface area contributed by atoms with Gasteiger partial charge in [-0.15, -0.1) is 0 Å². The molecule has 208 valence electrons. The van der Waals surface area contributed by atoms with Crippen molar-refractivity contribution in [1.82, 2.24) is 15.2 Å². The average Bonchev–Trinajstić information content (AvgIpc) is 3.61. The van der Waals surface area contributed by atoms with Crippen LogP contribution in [0.4, 0.5) is 0 Å². The fourth-order valence-corrected chi connectivity index (χ4v) is 4.97. The van der Waals surface area contributed by atoms with Crippen LogP contribution in [0.1, 0.15) is 44.2 Å². The molecule has 8 heteroatoms. The van der Waals surface area contributed by atoms with E-state index in [-0.39, 0.29) is 31.3 Å². The van der Waals surface area contributed by atoms with Gasteiger partial charge < -0.3 is 24.7 Å². The van der Waals surface area contributed by atoms with Crippen LogP contribution in [0.3, 0.4) is 0 Å². The van der Waals surface area contributed by atoms with Crippen molar-refractivity contribution in [3.8, 4) is 11.1 Å². The summed E-state index contributed by atoms with van der Waals surface area (Å²) < 4.78 is 5.57.